The number of hydrogen-bond acceptors (Lipinski definition) is 4. The highest BCUT2D eigenvalue weighted by molar-refractivity contribution is 5.96. The summed E-state index contributed by atoms with van der Waals surface area (Å²) in [5.41, 5.74) is 0.486. The predicted molar refractivity (Wildman–Crippen MR) is 78.1 cm³/mol. The van der Waals surface area contributed by atoms with Crippen LogP contribution in [0.15, 0.2) is 18.3 Å². The number of amides is 2. The van der Waals surface area contributed by atoms with Gasteiger partial charge in [0.05, 0.1) is 7.11 Å². The van der Waals surface area contributed by atoms with Gasteiger partial charge in [0.15, 0.2) is 0 Å². The molecule has 1 unspecified atom stereocenters. The van der Waals surface area contributed by atoms with Gasteiger partial charge in [-0.1, -0.05) is 0 Å². The number of likely N-dealkylation sites (tertiary alicyclic amines) is 1. The van der Waals surface area contributed by atoms with Crippen LogP contribution in [0.25, 0.3) is 0 Å². The lowest BCUT2D eigenvalue weighted by Crippen LogP contribution is -2.43. The van der Waals surface area contributed by atoms with Gasteiger partial charge in [-0.15, -0.1) is 0 Å². The molecule has 114 valence electrons. The minimum atomic E-state index is -0.0625. The molecule has 6 heteroatoms. The molecule has 0 saturated carbocycles. The van der Waals surface area contributed by atoms with Gasteiger partial charge < -0.3 is 15.0 Å². The molecule has 1 fully saturated rings. The van der Waals surface area contributed by atoms with E-state index < -0.39 is 0 Å². The number of carbonyl (C=O) groups is 2. The topological polar surface area (TPSA) is 71.5 Å². The molecule has 0 bridgehead atoms. The standard InChI is InChI=1S/C15H21N3O3/c1-11(19)17-9-12-5-4-8-18(10-12)15(20)13-6-3-7-16-14(13)21-2/h3,6-7,12H,4-5,8-10H2,1-2H3,(H,17,19). The highest BCUT2D eigenvalue weighted by Crippen LogP contribution is 2.21. The molecule has 6 nitrogen and oxygen atoms in total. The van der Waals surface area contributed by atoms with Crippen molar-refractivity contribution >= 4 is 11.8 Å². The normalized spacial score (nSPS) is 18.2. The van der Waals surface area contributed by atoms with Crippen molar-refractivity contribution < 1.29 is 14.3 Å². The van der Waals surface area contributed by atoms with Crippen LogP contribution in [0.4, 0.5) is 0 Å². The van der Waals surface area contributed by atoms with Crippen LogP contribution >= 0.6 is 0 Å². The van der Waals surface area contributed by atoms with Crippen LogP contribution < -0.4 is 10.1 Å². The van der Waals surface area contributed by atoms with Crippen LogP contribution in [0.1, 0.15) is 30.1 Å². The monoisotopic (exact) mass is 291 g/mol. The van der Waals surface area contributed by atoms with Crippen LogP contribution in [0, 0.1) is 5.92 Å². The third kappa shape index (κ3) is 3.93. The molecule has 2 amide bonds. The summed E-state index contributed by atoms with van der Waals surface area (Å²) in [5, 5.41) is 2.82. The molecule has 2 rings (SSSR count). The summed E-state index contributed by atoms with van der Waals surface area (Å²) in [5.74, 6) is 0.556. The number of nitrogens with zero attached hydrogens (tertiary/aromatic N) is 2. The van der Waals surface area contributed by atoms with Crippen LogP contribution in [0.5, 0.6) is 5.88 Å². The summed E-state index contributed by atoms with van der Waals surface area (Å²) in [4.78, 5) is 29.5. The molecule has 0 radical (unpaired) electrons. The minimum absolute atomic E-state index is 0.0348. The van der Waals surface area contributed by atoms with Gasteiger partial charge in [0.1, 0.15) is 5.56 Å². The Morgan fingerprint density at radius 3 is 3.05 bits per heavy atom. The maximum Gasteiger partial charge on any atom is 0.259 e. The Kier molecular flexibility index (Phi) is 5.14. The molecule has 1 aliphatic heterocycles. The lowest BCUT2D eigenvalue weighted by Gasteiger charge is -2.33. The van der Waals surface area contributed by atoms with Crippen molar-refractivity contribution in [2.75, 3.05) is 26.7 Å². The Bertz CT molecular complexity index is 519. The largest absolute Gasteiger partial charge is 0.480 e. The molecular formula is C15H21N3O3. The van der Waals surface area contributed by atoms with Gasteiger partial charge in [0.25, 0.3) is 5.91 Å². The molecule has 21 heavy (non-hydrogen) atoms. The van der Waals surface area contributed by atoms with Crippen molar-refractivity contribution in [2.24, 2.45) is 5.92 Å². The van der Waals surface area contributed by atoms with Gasteiger partial charge in [-0.25, -0.2) is 4.98 Å². The van der Waals surface area contributed by atoms with Crippen molar-refractivity contribution in [3.63, 3.8) is 0 Å². The van der Waals surface area contributed by atoms with Crippen molar-refractivity contribution in [1.82, 2.24) is 15.2 Å². The minimum Gasteiger partial charge on any atom is -0.480 e. The van der Waals surface area contributed by atoms with E-state index in [1.165, 1.54) is 14.0 Å². The van der Waals surface area contributed by atoms with E-state index in [1.807, 2.05) is 4.90 Å². The lowest BCUT2D eigenvalue weighted by molar-refractivity contribution is -0.119. The van der Waals surface area contributed by atoms with E-state index in [1.54, 1.807) is 18.3 Å². The van der Waals surface area contributed by atoms with Crippen LogP contribution in [0.2, 0.25) is 0 Å². The van der Waals surface area contributed by atoms with Crippen molar-refractivity contribution in [3.05, 3.63) is 23.9 Å². The first-order chi connectivity index (χ1) is 10.1. The van der Waals surface area contributed by atoms with E-state index in [4.69, 9.17) is 4.74 Å². The number of nitrogens with one attached hydrogen (secondary N) is 1. The fourth-order valence-electron chi connectivity index (χ4n) is 2.59. The summed E-state index contributed by atoms with van der Waals surface area (Å²) < 4.78 is 5.15. The summed E-state index contributed by atoms with van der Waals surface area (Å²) in [7, 11) is 1.51. The Morgan fingerprint density at radius 1 is 1.52 bits per heavy atom. The Hall–Kier alpha value is -2.11. The van der Waals surface area contributed by atoms with E-state index in [2.05, 4.69) is 10.3 Å². The molecule has 2 heterocycles. The van der Waals surface area contributed by atoms with Crippen molar-refractivity contribution in [3.8, 4) is 5.88 Å². The first-order valence-corrected chi connectivity index (χ1v) is 7.14. The average molecular weight is 291 g/mol. The maximum absolute atomic E-state index is 12.6. The van der Waals surface area contributed by atoms with Gasteiger partial charge in [-0.2, -0.15) is 0 Å². The van der Waals surface area contributed by atoms with Crippen LogP contribution in [-0.4, -0.2) is 48.4 Å². The third-order valence-corrected chi connectivity index (χ3v) is 3.64. The number of ether oxygens (including phenoxy) is 1. The van der Waals surface area contributed by atoms with Crippen LogP contribution in [-0.2, 0) is 4.79 Å². The molecule has 0 spiro atoms. The molecule has 1 aromatic heterocycles. The number of methoxy groups -OCH3 is 1. The summed E-state index contributed by atoms with van der Waals surface area (Å²) in [6.45, 7) is 3.50. The maximum atomic E-state index is 12.6. The van der Waals surface area contributed by atoms with Gasteiger partial charge in [-0.05, 0) is 30.9 Å². The van der Waals surface area contributed by atoms with E-state index in [0.29, 0.717) is 30.5 Å². The number of rotatable bonds is 4. The van der Waals surface area contributed by atoms with Crippen molar-refractivity contribution in [1.29, 1.82) is 0 Å². The molecule has 1 aromatic rings. The zero-order valence-corrected chi connectivity index (χ0v) is 12.5. The smallest absolute Gasteiger partial charge is 0.259 e. The molecular weight excluding hydrogens is 270 g/mol. The zero-order valence-electron chi connectivity index (χ0n) is 12.5. The second-order valence-electron chi connectivity index (χ2n) is 5.26. The lowest BCUT2D eigenvalue weighted by atomic mass is 9.97. The van der Waals surface area contributed by atoms with Gasteiger partial charge in [-0.3, -0.25) is 9.59 Å². The van der Waals surface area contributed by atoms with Crippen molar-refractivity contribution in [2.45, 2.75) is 19.8 Å². The number of piperidine rings is 1. The second kappa shape index (κ2) is 7.06. The van der Waals surface area contributed by atoms with E-state index >= 15 is 0 Å². The summed E-state index contributed by atoms with van der Waals surface area (Å²) in [6, 6.07) is 3.46. The third-order valence-electron chi connectivity index (χ3n) is 3.64. The second-order valence-corrected chi connectivity index (χ2v) is 5.26. The average Bonchev–Trinajstić information content (AvgIpc) is 2.52. The molecule has 1 atom stereocenters. The summed E-state index contributed by atoms with van der Waals surface area (Å²) >= 11 is 0. The quantitative estimate of drug-likeness (QED) is 0.901. The Labute approximate surface area is 124 Å². The predicted octanol–water partition coefficient (Wildman–Crippen LogP) is 1.08. The zero-order chi connectivity index (χ0) is 15.2. The van der Waals surface area contributed by atoms with E-state index in [9.17, 15) is 9.59 Å². The van der Waals surface area contributed by atoms with Gasteiger partial charge >= 0.3 is 0 Å². The van der Waals surface area contributed by atoms with Gasteiger partial charge in [0.2, 0.25) is 11.8 Å². The first-order valence-electron chi connectivity index (χ1n) is 7.14. The number of aromatic nitrogens is 1. The SMILES string of the molecule is COc1ncccc1C(=O)N1CCCC(CNC(C)=O)C1. The number of hydrogen-bond donors (Lipinski definition) is 1. The summed E-state index contributed by atoms with van der Waals surface area (Å²) in [6.07, 6.45) is 3.57. The van der Waals surface area contributed by atoms with E-state index in [-0.39, 0.29) is 11.8 Å². The first kappa shape index (κ1) is 15.3. The fourth-order valence-corrected chi connectivity index (χ4v) is 2.59. The van der Waals surface area contributed by atoms with Gasteiger partial charge in [0, 0.05) is 32.8 Å². The molecule has 1 aliphatic rings. The molecule has 1 saturated heterocycles. The molecule has 0 aromatic carbocycles. The van der Waals surface area contributed by atoms with Crippen LogP contribution in [0.3, 0.4) is 0 Å². The highest BCUT2D eigenvalue weighted by Gasteiger charge is 2.26. The number of pyridine rings is 1. The number of carbonyl (C=O) groups excluding carboxylic acids is 2. The highest BCUT2D eigenvalue weighted by atomic mass is 16.5. The van der Waals surface area contributed by atoms with E-state index in [0.717, 1.165) is 19.4 Å². The fraction of sp³-hybridized carbons (Fsp3) is 0.533. The molecule has 1 N–H and O–H groups in total. The Balaban J connectivity index is 2.03. The molecule has 0 aliphatic carbocycles. The Morgan fingerprint density at radius 2 is 2.33 bits per heavy atom.